The zero-order valence-electron chi connectivity index (χ0n) is 24.3. The van der Waals surface area contributed by atoms with Gasteiger partial charge in [-0.2, -0.15) is 0 Å². The van der Waals surface area contributed by atoms with Crippen LogP contribution in [0.4, 0.5) is 0 Å². The second kappa shape index (κ2) is 9.64. The maximum absolute atomic E-state index is 13.6. The predicted molar refractivity (Wildman–Crippen MR) is 180 cm³/mol. The van der Waals surface area contributed by atoms with Gasteiger partial charge in [-0.05, 0) is 90.3 Å². The van der Waals surface area contributed by atoms with Gasteiger partial charge in [0.15, 0.2) is 5.78 Å². The van der Waals surface area contributed by atoms with E-state index in [9.17, 15) is 4.79 Å². The molecule has 43 heavy (non-hydrogen) atoms. The van der Waals surface area contributed by atoms with E-state index < -0.39 is 0 Å². The fraction of sp³-hybridized carbons (Fsp3) is 0.0714. The highest BCUT2D eigenvalue weighted by molar-refractivity contribution is 6.13. The first-order valence-electron chi connectivity index (χ1n) is 14.9. The normalized spacial score (nSPS) is 13.6. The van der Waals surface area contributed by atoms with Crippen molar-refractivity contribution in [2.45, 2.75) is 19.3 Å². The third-order valence-corrected chi connectivity index (χ3v) is 9.25. The van der Waals surface area contributed by atoms with Crippen LogP contribution in [0.5, 0.6) is 0 Å². The van der Waals surface area contributed by atoms with E-state index in [4.69, 9.17) is 0 Å². The number of ketones is 1. The Morgan fingerprint density at radius 2 is 0.930 bits per heavy atom. The second-order valence-electron chi connectivity index (χ2n) is 12.1. The van der Waals surface area contributed by atoms with E-state index in [1.54, 1.807) is 0 Å². The molecule has 0 aliphatic heterocycles. The molecular weight excluding hydrogens is 520 g/mol. The van der Waals surface area contributed by atoms with Crippen LogP contribution in [0.15, 0.2) is 146 Å². The maximum atomic E-state index is 13.6. The Morgan fingerprint density at radius 1 is 0.395 bits per heavy atom. The molecule has 8 rings (SSSR count). The van der Waals surface area contributed by atoms with E-state index in [0.29, 0.717) is 0 Å². The molecule has 0 radical (unpaired) electrons. The minimum Gasteiger partial charge on any atom is -0.289 e. The molecule has 1 heteroatoms. The van der Waals surface area contributed by atoms with E-state index in [1.807, 2.05) is 18.2 Å². The van der Waals surface area contributed by atoms with Gasteiger partial charge in [-0.25, -0.2) is 0 Å². The fourth-order valence-electron chi connectivity index (χ4n) is 6.92. The highest BCUT2D eigenvalue weighted by Gasteiger charge is 2.36. The summed E-state index contributed by atoms with van der Waals surface area (Å²) in [5.74, 6) is 0.110. The van der Waals surface area contributed by atoms with Gasteiger partial charge in [0.2, 0.25) is 0 Å². The molecule has 0 atom stereocenters. The van der Waals surface area contributed by atoms with Gasteiger partial charge >= 0.3 is 0 Å². The van der Waals surface area contributed by atoms with Gasteiger partial charge < -0.3 is 0 Å². The Kier molecular flexibility index (Phi) is 5.71. The van der Waals surface area contributed by atoms with E-state index in [2.05, 4.69) is 141 Å². The van der Waals surface area contributed by atoms with Crippen molar-refractivity contribution >= 4 is 27.3 Å². The zero-order chi connectivity index (χ0) is 29.1. The van der Waals surface area contributed by atoms with Crippen LogP contribution in [0.2, 0.25) is 0 Å². The number of hydrogen-bond acceptors (Lipinski definition) is 1. The van der Waals surface area contributed by atoms with Crippen LogP contribution in [-0.4, -0.2) is 5.78 Å². The monoisotopic (exact) mass is 550 g/mol. The molecule has 0 spiro atoms. The Hall–Kier alpha value is -5.27. The van der Waals surface area contributed by atoms with Crippen molar-refractivity contribution in [1.82, 2.24) is 0 Å². The van der Waals surface area contributed by atoms with Crippen molar-refractivity contribution in [3.63, 3.8) is 0 Å². The first-order valence-corrected chi connectivity index (χ1v) is 14.9. The van der Waals surface area contributed by atoms with Crippen molar-refractivity contribution in [3.05, 3.63) is 168 Å². The highest BCUT2D eigenvalue weighted by atomic mass is 16.1. The van der Waals surface area contributed by atoms with Crippen LogP contribution in [0.1, 0.15) is 40.9 Å². The molecule has 0 N–H and O–H groups in total. The molecule has 7 aromatic rings. The van der Waals surface area contributed by atoms with Crippen LogP contribution in [-0.2, 0) is 5.41 Å². The van der Waals surface area contributed by atoms with E-state index in [-0.39, 0.29) is 11.2 Å². The predicted octanol–water partition coefficient (Wildman–Crippen LogP) is 10.9. The fourth-order valence-corrected chi connectivity index (χ4v) is 6.92. The minimum absolute atomic E-state index is 0.110. The third-order valence-electron chi connectivity index (χ3n) is 9.25. The summed E-state index contributed by atoms with van der Waals surface area (Å²) in [4.78, 5) is 13.6. The van der Waals surface area contributed by atoms with Crippen molar-refractivity contribution in [3.8, 4) is 33.4 Å². The molecule has 204 valence electrons. The number of carbonyl (C=O) groups excluding carboxylic acids is 1. The highest BCUT2D eigenvalue weighted by Crippen LogP contribution is 2.42. The zero-order valence-corrected chi connectivity index (χ0v) is 24.3. The number of fused-ring (bicyclic) bond motifs is 5. The minimum atomic E-state index is -0.226. The van der Waals surface area contributed by atoms with Crippen LogP contribution >= 0.6 is 0 Å². The molecule has 0 unspecified atom stereocenters. The van der Waals surface area contributed by atoms with E-state index in [0.717, 1.165) is 38.9 Å². The summed E-state index contributed by atoms with van der Waals surface area (Å²) in [6.07, 6.45) is 0. The van der Waals surface area contributed by atoms with Gasteiger partial charge in [0.1, 0.15) is 0 Å². The second-order valence-corrected chi connectivity index (χ2v) is 12.1. The standard InChI is InChI=1S/C42H30O/c1-42(2)39-16-6-5-15-37(39)41(43)38-26-33(20-22-40(38)42)31-13-8-11-29(24-31)28-10-7-12-30(23-28)32-19-21-36-34(25-32)18-17-27-9-3-4-14-35(27)36/h3-26H,1-2H3. The third kappa shape index (κ3) is 4.12. The molecule has 7 aromatic carbocycles. The van der Waals surface area contributed by atoms with Crippen molar-refractivity contribution in [1.29, 1.82) is 0 Å². The lowest BCUT2D eigenvalue weighted by Crippen LogP contribution is -2.30. The molecule has 1 aliphatic carbocycles. The van der Waals surface area contributed by atoms with Gasteiger partial charge in [-0.3, -0.25) is 4.79 Å². The molecule has 1 aliphatic rings. The maximum Gasteiger partial charge on any atom is 0.193 e. The summed E-state index contributed by atoms with van der Waals surface area (Å²) < 4.78 is 0. The topological polar surface area (TPSA) is 17.1 Å². The molecule has 0 fully saturated rings. The van der Waals surface area contributed by atoms with Gasteiger partial charge in [0.05, 0.1) is 0 Å². The smallest absolute Gasteiger partial charge is 0.193 e. The van der Waals surface area contributed by atoms with Crippen molar-refractivity contribution in [2.75, 3.05) is 0 Å². The molecule has 1 nitrogen and oxygen atoms in total. The summed E-state index contributed by atoms with van der Waals surface area (Å²) in [6.45, 7) is 4.42. The summed E-state index contributed by atoms with van der Waals surface area (Å²) >= 11 is 0. The van der Waals surface area contributed by atoms with E-state index in [1.165, 1.54) is 38.2 Å². The molecular formula is C42H30O. The summed E-state index contributed by atoms with van der Waals surface area (Å²) in [6, 6.07) is 51.6. The van der Waals surface area contributed by atoms with Crippen LogP contribution in [0, 0.1) is 0 Å². The molecule has 0 heterocycles. The molecule has 0 amide bonds. The van der Waals surface area contributed by atoms with Gasteiger partial charge in [0.25, 0.3) is 0 Å². The average Bonchev–Trinajstić information content (AvgIpc) is 3.07. The Balaban J connectivity index is 1.16. The lowest BCUT2D eigenvalue weighted by molar-refractivity contribution is 0.103. The lowest BCUT2D eigenvalue weighted by atomic mass is 9.68. The first kappa shape index (κ1) is 25.4. The van der Waals surface area contributed by atoms with Crippen molar-refractivity contribution in [2.24, 2.45) is 0 Å². The van der Waals surface area contributed by atoms with Crippen LogP contribution in [0.3, 0.4) is 0 Å². The molecule has 0 bridgehead atoms. The quantitative estimate of drug-likeness (QED) is 0.200. The van der Waals surface area contributed by atoms with Crippen LogP contribution < -0.4 is 0 Å². The lowest BCUT2D eigenvalue weighted by Gasteiger charge is -2.34. The first-order chi connectivity index (χ1) is 21.0. The summed E-state index contributed by atoms with van der Waals surface area (Å²) in [5.41, 5.74) is 10.5. The Morgan fingerprint density at radius 3 is 1.67 bits per heavy atom. The van der Waals surface area contributed by atoms with Crippen molar-refractivity contribution < 1.29 is 4.79 Å². The summed E-state index contributed by atoms with van der Waals surface area (Å²) in [7, 11) is 0. The average molecular weight is 551 g/mol. The van der Waals surface area contributed by atoms with E-state index >= 15 is 0 Å². The largest absolute Gasteiger partial charge is 0.289 e. The molecule has 0 saturated carbocycles. The molecule has 0 saturated heterocycles. The van der Waals surface area contributed by atoms with Gasteiger partial charge in [0, 0.05) is 16.5 Å². The van der Waals surface area contributed by atoms with Crippen LogP contribution in [0.25, 0.3) is 54.9 Å². The number of hydrogen-bond donors (Lipinski definition) is 0. The Bertz CT molecular complexity index is 2230. The van der Waals surface area contributed by atoms with Gasteiger partial charge in [-0.15, -0.1) is 0 Å². The number of benzene rings is 7. The number of rotatable bonds is 3. The number of carbonyl (C=O) groups is 1. The molecule has 0 aromatic heterocycles. The Labute approximate surface area is 252 Å². The SMILES string of the molecule is CC1(C)c2ccccc2C(=O)c2cc(-c3cccc(-c4cccc(-c5ccc6c(ccc7ccccc76)c5)c4)c3)ccc21. The summed E-state index contributed by atoms with van der Waals surface area (Å²) in [5, 5.41) is 5.08. The van der Waals surface area contributed by atoms with Gasteiger partial charge in [-0.1, -0.05) is 135 Å².